The Labute approximate surface area is 125 Å². The summed E-state index contributed by atoms with van der Waals surface area (Å²) in [6.45, 7) is 5.83. The summed E-state index contributed by atoms with van der Waals surface area (Å²) in [4.78, 5) is 8.58. The van der Waals surface area contributed by atoms with Crippen molar-refractivity contribution in [1.82, 2.24) is 9.97 Å². The van der Waals surface area contributed by atoms with Crippen LogP contribution in [0.1, 0.15) is 16.8 Å². The number of methoxy groups -OCH3 is 1. The molecule has 0 amide bonds. The maximum absolute atomic E-state index is 5.61. The molecular formula is C16H21N3O2. The summed E-state index contributed by atoms with van der Waals surface area (Å²) in [5, 5.41) is 3.15. The van der Waals surface area contributed by atoms with Crippen LogP contribution in [0.25, 0.3) is 0 Å². The van der Waals surface area contributed by atoms with E-state index >= 15 is 0 Å². The first-order valence-corrected chi connectivity index (χ1v) is 6.94. The third-order valence-corrected chi connectivity index (χ3v) is 3.18. The molecule has 0 aliphatic carbocycles. The molecule has 1 aromatic heterocycles. The largest absolute Gasteiger partial charge is 0.497 e. The number of ether oxygens (including phenoxy) is 2. The van der Waals surface area contributed by atoms with Crippen molar-refractivity contribution in [1.29, 1.82) is 0 Å². The minimum absolute atomic E-state index is 0.583. The Morgan fingerprint density at radius 1 is 1.14 bits per heavy atom. The van der Waals surface area contributed by atoms with Crippen LogP contribution in [-0.4, -0.2) is 30.2 Å². The maximum Gasteiger partial charge on any atom is 0.222 e. The number of hydrogen-bond donors (Lipinski definition) is 1. The first-order valence-electron chi connectivity index (χ1n) is 6.94. The van der Waals surface area contributed by atoms with Gasteiger partial charge in [-0.2, -0.15) is 0 Å². The molecule has 0 bridgehead atoms. The molecule has 0 aliphatic heterocycles. The molecule has 0 atom stereocenters. The van der Waals surface area contributed by atoms with Crippen LogP contribution in [0.5, 0.6) is 5.75 Å². The monoisotopic (exact) mass is 287 g/mol. The highest BCUT2D eigenvalue weighted by atomic mass is 16.5. The Morgan fingerprint density at radius 2 is 1.90 bits per heavy atom. The zero-order chi connectivity index (χ0) is 15.1. The van der Waals surface area contributed by atoms with Crippen molar-refractivity contribution in [3.63, 3.8) is 0 Å². The van der Waals surface area contributed by atoms with Crippen LogP contribution < -0.4 is 10.1 Å². The predicted molar refractivity (Wildman–Crippen MR) is 82.6 cm³/mol. The lowest BCUT2D eigenvalue weighted by Gasteiger charge is -2.08. The normalized spacial score (nSPS) is 10.4. The van der Waals surface area contributed by atoms with Gasteiger partial charge in [-0.15, -0.1) is 0 Å². The Bertz CT molecular complexity index is 570. The molecule has 21 heavy (non-hydrogen) atoms. The van der Waals surface area contributed by atoms with Gasteiger partial charge >= 0.3 is 0 Å². The molecule has 0 saturated carbocycles. The zero-order valence-corrected chi connectivity index (χ0v) is 12.7. The Morgan fingerprint density at radius 3 is 2.57 bits per heavy atom. The van der Waals surface area contributed by atoms with Gasteiger partial charge < -0.3 is 14.8 Å². The molecule has 5 heteroatoms. The van der Waals surface area contributed by atoms with Crippen LogP contribution in [-0.2, 0) is 11.3 Å². The summed E-state index contributed by atoms with van der Waals surface area (Å²) < 4.78 is 10.7. The third kappa shape index (κ3) is 4.72. The molecule has 0 spiro atoms. The van der Waals surface area contributed by atoms with Gasteiger partial charge in [0.15, 0.2) is 0 Å². The minimum atomic E-state index is 0.583. The predicted octanol–water partition coefficient (Wildman–Crippen LogP) is 2.73. The molecule has 0 fully saturated rings. The fraction of sp³-hybridized carbons (Fsp3) is 0.375. The van der Waals surface area contributed by atoms with Crippen LogP contribution in [0, 0.1) is 13.8 Å². The molecule has 0 saturated heterocycles. The molecule has 0 unspecified atom stereocenters. The van der Waals surface area contributed by atoms with E-state index in [0.717, 1.165) is 22.6 Å². The number of rotatable bonds is 7. The number of hydrogen-bond acceptors (Lipinski definition) is 5. The first-order chi connectivity index (χ1) is 10.2. The van der Waals surface area contributed by atoms with E-state index in [0.29, 0.717) is 25.7 Å². The van der Waals surface area contributed by atoms with E-state index in [-0.39, 0.29) is 0 Å². The van der Waals surface area contributed by atoms with Crippen molar-refractivity contribution in [3.05, 3.63) is 47.3 Å². The summed E-state index contributed by atoms with van der Waals surface area (Å²) in [5.74, 6) is 1.50. The van der Waals surface area contributed by atoms with Crippen LogP contribution in [0.2, 0.25) is 0 Å². The number of nitrogens with one attached hydrogen (secondary N) is 1. The molecule has 0 aliphatic rings. The van der Waals surface area contributed by atoms with Crippen molar-refractivity contribution in [2.75, 3.05) is 25.6 Å². The van der Waals surface area contributed by atoms with Gasteiger partial charge in [0.05, 0.1) is 20.3 Å². The SMILES string of the molecule is COc1ccc(COCCNc2ncc(C)c(C)n2)cc1. The zero-order valence-electron chi connectivity index (χ0n) is 12.7. The van der Waals surface area contributed by atoms with Crippen LogP contribution in [0.4, 0.5) is 5.95 Å². The van der Waals surface area contributed by atoms with Gasteiger partial charge in [-0.25, -0.2) is 9.97 Å². The second-order valence-corrected chi connectivity index (χ2v) is 4.79. The summed E-state index contributed by atoms with van der Waals surface area (Å²) in [5.41, 5.74) is 3.21. The van der Waals surface area contributed by atoms with Crippen LogP contribution >= 0.6 is 0 Å². The average molecular weight is 287 g/mol. The molecule has 112 valence electrons. The number of anilines is 1. The number of aromatic nitrogens is 2. The second kappa shape index (κ2) is 7.59. The lowest BCUT2D eigenvalue weighted by molar-refractivity contribution is 0.130. The highest BCUT2D eigenvalue weighted by Crippen LogP contribution is 2.11. The topological polar surface area (TPSA) is 56.3 Å². The fourth-order valence-corrected chi connectivity index (χ4v) is 1.76. The molecule has 1 heterocycles. The van der Waals surface area contributed by atoms with Gasteiger partial charge in [0.25, 0.3) is 0 Å². The molecule has 5 nitrogen and oxygen atoms in total. The molecule has 2 aromatic rings. The smallest absolute Gasteiger partial charge is 0.222 e. The quantitative estimate of drug-likeness (QED) is 0.794. The molecule has 1 aromatic carbocycles. The van der Waals surface area contributed by atoms with Crippen molar-refractivity contribution < 1.29 is 9.47 Å². The maximum atomic E-state index is 5.61. The third-order valence-electron chi connectivity index (χ3n) is 3.18. The highest BCUT2D eigenvalue weighted by Gasteiger charge is 1.99. The highest BCUT2D eigenvalue weighted by molar-refractivity contribution is 5.28. The number of aryl methyl sites for hydroxylation is 2. The lowest BCUT2D eigenvalue weighted by atomic mass is 10.2. The lowest BCUT2D eigenvalue weighted by Crippen LogP contribution is -2.12. The van der Waals surface area contributed by atoms with E-state index in [4.69, 9.17) is 9.47 Å². The van der Waals surface area contributed by atoms with E-state index in [1.54, 1.807) is 7.11 Å². The van der Waals surface area contributed by atoms with E-state index < -0.39 is 0 Å². The number of benzene rings is 1. The van der Waals surface area contributed by atoms with Gasteiger partial charge in [-0.05, 0) is 37.1 Å². The fourth-order valence-electron chi connectivity index (χ4n) is 1.76. The summed E-state index contributed by atoms with van der Waals surface area (Å²) in [6.07, 6.45) is 1.82. The van der Waals surface area contributed by atoms with Gasteiger partial charge in [0.1, 0.15) is 5.75 Å². The van der Waals surface area contributed by atoms with Crippen molar-refractivity contribution in [2.45, 2.75) is 20.5 Å². The summed E-state index contributed by atoms with van der Waals surface area (Å²) >= 11 is 0. The Kier molecular flexibility index (Phi) is 5.51. The van der Waals surface area contributed by atoms with Gasteiger partial charge in [0.2, 0.25) is 5.95 Å². The molecule has 1 N–H and O–H groups in total. The second-order valence-electron chi connectivity index (χ2n) is 4.79. The van der Waals surface area contributed by atoms with E-state index in [1.807, 2.05) is 44.3 Å². The summed E-state index contributed by atoms with van der Waals surface area (Å²) in [7, 11) is 1.66. The van der Waals surface area contributed by atoms with Crippen LogP contribution in [0.3, 0.4) is 0 Å². The first kappa shape index (κ1) is 15.3. The van der Waals surface area contributed by atoms with Crippen LogP contribution in [0.15, 0.2) is 30.5 Å². The summed E-state index contributed by atoms with van der Waals surface area (Å²) in [6, 6.07) is 7.86. The number of nitrogens with zero attached hydrogens (tertiary/aromatic N) is 2. The molecule has 0 radical (unpaired) electrons. The van der Waals surface area contributed by atoms with Gasteiger partial charge in [-0.3, -0.25) is 0 Å². The standard InChI is InChI=1S/C16H21N3O2/c1-12-10-18-16(19-13(12)2)17-8-9-21-11-14-4-6-15(20-3)7-5-14/h4-7,10H,8-9,11H2,1-3H3,(H,17,18,19). The molecular weight excluding hydrogens is 266 g/mol. The minimum Gasteiger partial charge on any atom is -0.497 e. The van der Waals surface area contributed by atoms with Gasteiger partial charge in [-0.1, -0.05) is 12.1 Å². The Balaban J connectivity index is 1.68. The van der Waals surface area contributed by atoms with Crippen molar-refractivity contribution in [3.8, 4) is 5.75 Å². The van der Waals surface area contributed by atoms with Crippen molar-refractivity contribution >= 4 is 5.95 Å². The van der Waals surface area contributed by atoms with E-state index in [2.05, 4.69) is 15.3 Å². The Hall–Kier alpha value is -2.14. The van der Waals surface area contributed by atoms with E-state index in [1.165, 1.54) is 0 Å². The van der Waals surface area contributed by atoms with Gasteiger partial charge in [0, 0.05) is 18.4 Å². The molecule has 2 rings (SSSR count). The average Bonchev–Trinajstić information content (AvgIpc) is 2.51. The van der Waals surface area contributed by atoms with E-state index in [9.17, 15) is 0 Å². The van der Waals surface area contributed by atoms with Crippen molar-refractivity contribution in [2.24, 2.45) is 0 Å².